The number of nitrogens with two attached hydrogens (primary N) is 1. The minimum absolute atomic E-state index is 0.350. The van der Waals surface area contributed by atoms with Crippen LogP contribution in [0, 0.1) is 0 Å². The maximum absolute atomic E-state index is 5.94. The largest absolute Gasteiger partial charge is 0.383 e. The number of rotatable bonds is 8. The number of nitrogens with one attached hydrogen (secondary N) is 1. The smallest absolute Gasteiger partial charge is 0.0615 e. The average molecular weight is 257 g/mol. The summed E-state index contributed by atoms with van der Waals surface area (Å²) >= 11 is 5.94. The molecular formula is C13H21ClN2O. The molecule has 0 aliphatic carbocycles. The summed E-state index contributed by atoms with van der Waals surface area (Å²) < 4.78 is 5.18. The van der Waals surface area contributed by atoms with E-state index in [4.69, 9.17) is 22.1 Å². The molecule has 0 amide bonds. The lowest BCUT2D eigenvalue weighted by molar-refractivity contribution is 0.161. The van der Waals surface area contributed by atoms with E-state index in [1.165, 1.54) is 5.56 Å². The van der Waals surface area contributed by atoms with Gasteiger partial charge in [0.2, 0.25) is 0 Å². The van der Waals surface area contributed by atoms with Gasteiger partial charge < -0.3 is 15.8 Å². The van der Waals surface area contributed by atoms with Crippen LogP contribution in [0.15, 0.2) is 24.3 Å². The zero-order valence-corrected chi connectivity index (χ0v) is 11.0. The molecule has 0 radical (unpaired) electrons. The molecule has 0 aliphatic rings. The third kappa shape index (κ3) is 6.03. The van der Waals surface area contributed by atoms with Crippen molar-refractivity contribution < 1.29 is 4.74 Å². The molecule has 0 fully saturated rings. The van der Waals surface area contributed by atoms with E-state index >= 15 is 0 Å². The molecule has 3 N–H and O–H groups in total. The Morgan fingerprint density at radius 1 is 1.47 bits per heavy atom. The van der Waals surface area contributed by atoms with Crippen LogP contribution in [0.2, 0.25) is 5.02 Å². The van der Waals surface area contributed by atoms with Crippen LogP contribution in [0.4, 0.5) is 0 Å². The molecule has 1 aromatic carbocycles. The zero-order valence-electron chi connectivity index (χ0n) is 10.3. The van der Waals surface area contributed by atoms with Crippen LogP contribution in [0.1, 0.15) is 18.4 Å². The molecule has 0 saturated heterocycles. The predicted octanol–water partition coefficient (Wildman–Crippen LogP) is 2.18. The Labute approximate surface area is 108 Å². The van der Waals surface area contributed by atoms with E-state index in [1.54, 1.807) is 7.11 Å². The molecule has 1 atom stereocenters. The van der Waals surface area contributed by atoms with Crippen molar-refractivity contribution in [2.75, 3.05) is 20.3 Å². The minimum atomic E-state index is 0.350. The first-order valence-electron chi connectivity index (χ1n) is 5.93. The van der Waals surface area contributed by atoms with Crippen LogP contribution in [-0.4, -0.2) is 26.3 Å². The quantitative estimate of drug-likeness (QED) is 0.750. The van der Waals surface area contributed by atoms with Crippen molar-refractivity contribution in [3.63, 3.8) is 0 Å². The van der Waals surface area contributed by atoms with Crippen LogP contribution in [0.3, 0.4) is 0 Å². The maximum Gasteiger partial charge on any atom is 0.0615 e. The van der Waals surface area contributed by atoms with E-state index in [2.05, 4.69) is 11.4 Å². The second-order valence-electron chi connectivity index (χ2n) is 4.09. The van der Waals surface area contributed by atoms with Crippen molar-refractivity contribution in [3.8, 4) is 0 Å². The Morgan fingerprint density at radius 2 is 2.29 bits per heavy atom. The fraction of sp³-hybridized carbons (Fsp3) is 0.538. The third-order valence-corrected chi connectivity index (χ3v) is 2.84. The van der Waals surface area contributed by atoms with Gasteiger partial charge in [-0.3, -0.25) is 0 Å². The van der Waals surface area contributed by atoms with Crippen molar-refractivity contribution >= 4 is 11.6 Å². The number of halogens is 1. The van der Waals surface area contributed by atoms with Gasteiger partial charge in [-0.2, -0.15) is 0 Å². The first-order chi connectivity index (χ1) is 8.26. The van der Waals surface area contributed by atoms with E-state index in [1.807, 2.05) is 18.2 Å². The predicted molar refractivity (Wildman–Crippen MR) is 72.2 cm³/mol. The summed E-state index contributed by atoms with van der Waals surface area (Å²) in [5, 5.41) is 4.23. The second-order valence-corrected chi connectivity index (χ2v) is 4.53. The lowest BCUT2D eigenvalue weighted by atomic mass is 10.1. The molecule has 96 valence electrons. The summed E-state index contributed by atoms with van der Waals surface area (Å²) in [7, 11) is 1.72. The zero-order chi connectivity index (χ0) is 12.5. The highest BCUT2D eigenvalue weighted by atomic mass is 35.5. The van der Waals surface area contributed by atoms with E-state index in [0.29, 0.717) is 12.6 Å². The standard InChI is InChI=1S/C13H21ClN2O/c1-17-10-13(6-3-7-15)16-9-11-4-2-5-12(14)8-11/h2,4-5,8,13,16H,3,6-7,9-10,15H2,1H3. The lowest BCUT2D eigenvalue weighted by Gasteiger charge is -2.17. The van der Waals surface area contributed by atoms with Crippen LogP contribution in [-0.2, 0) is 11.3 Å². The van der Waals surface area contributed by atoms with E-state index in [0.717, 1.165) is 31.0 Å². The third-order valence-electron chi connectivity index (χ3n) is 2.61. The van der Waals surface area contributed by atoms with Crippen LogP contribution in [0.5, 0.6) is 0 Å². The number of hydrogen-bond donors (Lipinski definition) is 2. The topological polar surface area (TPSA) is 47.3 Å². The Hall–Kier alpha value is -0.610. The SMILES string of the molecule is COCC(CCCN)NCc1cccc(Cl)c1. The molecule has 0 bridgehead atoms. The van der Waals surface area contributed by atoms with E-state index in [9.17, 15) is 0 Å². The molecule has 4 heteroatoms. The van der Waals surface area contributed by atoms with Gasteiger partial charge in [-0.05, 0) is 37.1 Å². The maximum atomic E-state index is 5.94. The minimum Gasteiger partial charge on any atom is -0.383 e. The summed E-state index contributed by atoms with van der Waals surface area (Å²) in [6.07, 6.45) is 2.04. The first kappa shape index (κ1) is 14.5. The number of hydrogen-bond acceptors (Lipinski definition) is 3. The van der Waals surface area contributed by atoms with Gasteiger partial charge in [0.15, 0.2) is 0 Å². The normalized spacial score (nSPS) is 12.6. The van der Waals surface area contributed by atoms with Crippen LogP contribution < -0.4 is 11.1 Å². The molecular weight excluding hydrogens is 236 g/mol. The molecule has 0 spiro atoms. The van der Waals surface area contributed by atoms with Gasteiger partial charge in [0.05, 0.1) is 6.61 Å². The molecule has 1 aromatic rings. The van der Waals surface area contributed by atoms with Gasteiger partial charge in [0.1, 0.15) is 0 Å². The van der Waals surface area contributed by atoms with Crippen molar-refractivity contribution in [1.82, 2.24) is 5.32 Å². The summed E-state index contributed by atoms with van der Waals surface area (Å²) in [4.78, 5) is 0. The molecule has 3 nitrogen and oxygen atoms in total. The van der Waals surface area contributed by atoms with Gasteiger partial charge >= 0.3 is 0 Å². The van der Waals surface area contributed by atoms with Gasteiger partial charge in [-0.1, -0.05) is 23.7 Å². The molecule has 0 heterocycles. The van der Waals surface area contributed by atoms with Gasteiger partial charge in [0.25, 0.3) is 0 Å². The van der Waals surface area contributed by atoms with Crippen LogP contribution in [0.25, 0.3) is 0 Å². The Balaban J connectivity index is 2.39. The van der Waals surface area contributed by atoms with Gasteiger partial charge in [0, 0.05) is 24.7 Å². The fourth-order valence-electron chi connectivity index (χ4n) is 1.72. The summed E-state index contributed by atoms with van der Waals surface area (Å²) in [5.41, 5.74) is 6.70. The molecule has 0 aliphatic heterocycles. The van der Waals surface area contributed by atoms with Crippen molar-refractivity contribution in [1.29, 1.82) is 0 Å². The number of methoxy groups -OCH3 is 1. The fourth-order valence-corrected chi connectivity index (χ4v) is 1.93. The van der Waals surface area contributed by atoms with Crippen molar-refractivity contribution in [3.05, 3.63) is 34.9 Å². The molecule has 1 rings (SSSR count). The lowest BCUT2D eigenvalue weighted by Crippen LogP contribution is -2.33. The Bertz CT molecular complexity index is 320. The van der Waals surface area contributed by atoms with Crippen molar-refractivity contribution in [2.24, 2.45) is 5.73 Å². The highest BCUT2D eigenvalue weighted by Crippen LogP contribution is 2.10. The number of ether oxygens (including phenoxy) is 1. The van der Waals surface area contributed by atoms with E-state index < -0.39 is 0 Å². The molecule has 0 aromatic heterocycles. The molecule has 17 heavy (non-hydrogen) atoms. The average Bonchev–Trinajstić information content (AvgIpc) is 2.33. The van der Waals surface area contributed by atoms with Gasteiger partial charge in [-0.25, -0.2) is 0 Å². The monoisotopic (exact) mass is 256 g/mol. The summed E-state index contributed by atoms with van der Waals surface area (Å²) in [5.74, 6) is 0. The first-order valence-corrected chi connectivity index (χ1v) is 6.31. The summed E-state index contributed by atoms with van der Waals surface area (Å²) in [6.45, 7) is 2.23. The highest BCUT2D eigenvalue weighted by molar-refractivity contribution is 6.30. The Kier molecular flexibility index (Phi) is 7.21. The van der Waals surface area contributed by atoms with Crippen molar-refractivity contribution in [2.45, 2.75) is 25.4 Å². The highest BCUT2D eigenvalue weighted by Gasteiger charge is 2.07. The molecule has 0 saturated carbocycles. The van der Waals surface area contributed by atoms with E-state index in [-0.39, 0.29) is 0 Å². The second kappa shape index (κ2) is 8.48. The Morgan fingerprint density at radius 3 is 2.94 bits per heavy atom. The van der Waals surface area contributed by atoms with Crippen LogP contribution >= 0.6 is 11.6 Å². The number of benzene rings is 1. The van der Waals surface area contributed by atoms with Gasteiger partial charge in [-0.15, -0.1) is 0 Å². The summed E-state index contributed by atoms with van der Waals surface area (Å²) in [6, 6.07) is 8.23. The molecule has 1 unspecified atom stereocenters.